The van der Waals surface area contributed by atoms with Gasteiger partial charge in [-0.05, 0) is 69.0 Å². The third kappa shape index (κ3) is 6.19. The maximum absolute atomic E-state index is 14.6. The van der Waals surface area contributed by atoms with Crippen LogP contribution in [0.1, 0.15) is 61.9 Å². The molecule has 3 heterocycles. The van der Waals surface area contributed by atoms with E-state index in [1.807, 2.05) is 4.90 Å². The van der Waals surface area contributed by atoms with Gasteiger partial charge in [0.25, 0.3) is 5.91 Å². The molecule has 0 N–H and O–H groups in total. The molecule has 1 saturated carbocycles. The molecule has 3 amide bonds. The number of likely N-dealkylation sites (tertiary alicyclic amines) is 1. The number of hydrogen-bond acceptors (Lipinski definition) is 5. The Morgan fingerprint density at radius 1 is 0.850 bits per heavy atom. The number of nitrogens with zero attached hydrogens (tertiary/aromatic N) is 5. The molecule has 0 bridgehead atoms. The summed E-state index contributed by atoms with van der Waals surface area (Å²) in [5, 5.41) is 0. The maximum atomic E-state index is 14.6. The van der Waals surface area contributed by atoms with Crippen LogP contribution >= 0.6 is 0 Å². The van der Waals surface area contributed by atoms with Gasteiger partial charge in [-0.3, -0.25) is 24.3 Å². The Kier molecular flexibility index (Phi) is 8.78. The van der Waals surface area contributed by atoms with E-state index < -0.39 is 5.82 Å². The number of fused-ring (bicyclic) bond motifs is 1. The van der Waals surface area contributed by atoms with Gasteiger partial charge in [0.15, 0.2) is 0 Å². The van der Waals surface area contributed by atoms with Crippen molar-refractivity contribution in [3.8, 4) is 0 Å². The van der Waals surface area contributed by atoms with Crippen molar-refractivity contribution < 1.29 is 18.8 Å². The quantitative estimate of drug-likeness (QED) is 0.577. The predicted octanol–water partition coefficient (Wildman–Crippen LogP) is 3.96. The lowest BCUT2D eigenvalue weighted by Crippen LogP contribution is -2.58. The second-order valence-corrected chi connectivity index (χ2v) is 11.6. The fourth-order valence-electron chi connectivity index (χ4n) is 6.21. The Hall–Kier alpha value is -3.33. The molecule has 1 aromatic carbocycles. The molecule has 9 heteroatoms. The van der Waals surface area contributed by atoms with Crippen molar-refractivity contribution in [2.75, 3.05) is 44.2 Å². The Morgan fingerprint density at radius 3 is 2.25 bits per heavy atom. The second-order valence-electron chi connectivity index (χ2n) is 11.6. The van der Waals surface area contributed by atoms with E-state index in [1.165, 1.54) is 12.1 Å². The summed E-state index contributed by atoms with van der Waals surface area (Å²) in [5.74, 6) is -0.563. The molecule has 0 radical (unpaired) electrons. The average molecular weight is 550 g/mol. The van der Waals surface area contributed by atoms with Gasteiger partial charge in [0, 0.05) is 81.4 Å². The third-order valence-corrected chi connectivity index (χ3v) is 8.64. The zero-order valence-electron chi connectivity index (χ0n) is 23.6. The highest BCUT2D eigenvalue weighted by atomic mass is 19.1. The fraction of sp³-hybridized carbons (Fsp3) is 0.548. The molecular weight excluding hydrogens is 509 g/mol. The third-order valence-electron chi connectivity index (χ3n) is 8.64. The SMILES string of the molecule is CC(C)N1CCCN(C(=O)c2ccncc2)c2ccc(F)cc2CN(C(=O)C2CN(C(=O)C3CCCC3)C2)CC1. The van der Waals surface area contributed by atoms with Gasteiger partial charge in [0.05, 0.1) is 5.92 Å². The van der Waals surface area contributed by atoms with Crippen molar-refractivity contribution in [2.45, 2.75) is 58.5 Å². The molecular formula is C31H40FN5O3. The summed E-state index contributed by atoms with van der Waals surface area (Å²) < 4.78 is 14.6. The van der Waals surface area contributed by atoms with Crippen molar-refractivity contribution in [1.82, 2.24) is 19.7 Å². The van der Waals surface area contributed by atoms with Crippen LogP contribution in [-0.4, -0.2) is 82.7 Å². The molecule has 1 aliphatic carbocycles. The van der Waals surface area contributed by atoms with E-state index in [0.717, 1.165) is 38.6 Å². The highest BCUT2D eigenvalue weighted by molar-refractivity contribution is 6.06. The van der Waals surface area contributed by atoms with Crippen LogP contribution in [0.2, 0.25) is 0 Å². The number of anilines is 1. The minimum absolute atomic E-state index is 0.0133. The first kappa shape index (κ1) is 28.2. The maximum Gasteiger partial charge on any atom is 0.258 e. The summed E-state index contributed by atoms with van der Waals surface area (Å²) in [5.41, 5.74) is 1.73. The van der Waals surface area contributed by atoms with E-state index in [4.69, 9.17) is 0 Å². The molecule has 2 aromatic rings. The number of carbonyl (C=O) groups is 3. The van der Waals surface area contributed by atoms with E-state index in [0.29, 0.717) is 49.5 Å². The Balaban J connectivity index is 1.40. The Bertz CT molecular complexity index is 1210. The number of amides is 3. The van der Waals surface area contributed by atoms with E-state index >= 15 is 0 Å². The van der Waals surface area contributed by atoms with Crippen LogP contribution in [-0.2, 0) is 16.1 Å². The molecule has 3 aliphatic rings. The monoisotopic (exact) mass is 549 g/mol. The van der Waals surface area contributed by atoms with Crippen LogP contribution in [0, 0.1) is 17.7 Å². The summed E-state index contributed by atoms with van der Waals surface area (Å²) in [7, 11) is 0. The van der Waals surface area contributed by atoms with Crippen molar-refractivity contribution in [1.29, 1.82) is 0 Å². The lowest BCUT2D eigenvalue weighted by atomic mass is 9.94. The van der Waals surface area contributed by atoms with Gasteiger partial charge >= 0.3 is 0 Å². The molecule has 2 aliphatic heterocycles. The molecule has 0 spiro atoms. The minimum Gasteiger partial charge on any atom is -0.341 e. The molecule has 40 heavy (non-hydrogen) atoms. The Labute approximate surface area is 236 Å². The minimum atomic E-state index is -0.405. The highest BCUT2D eigenvalue weighted by Gasteiger charge is 2.40. The first-order chi connectivity index (χ1) is 19.3. The largest absolute Gasteiger partial charge is 0.341 e. The summed E-state index contributed by atoms with van der Waals surface area (Å²) in [6, 6.07) is 8.10. The Morgan fingerprint density at radius 2 is 1.55 bits per heavy atom. The average Bonchev–Trinajstić information content (AvgIpc) is 3.45. The fourth-order valence-corrected chi connectivity index (χ4v) is 6.21. The van der Waals surface area contributed by atoms with Gasteiger partial charge in [-0.2, -0.15) is 0 Å². The van der Waals surface area contributed by atoms with Crippen LogP contribution < -0.4 is 4.90 Å². The van der Waals surface area contributed by atoms with Crippen LogP contribution in [0.4, 0.5) is 10.1 Å². The molecule has 5 rings (SSSR count). The first-order valence-electron chi connectivity index (χ1n) is 14.6. The normalized spacial score (nSPS) is 19.8. The summed E-state index contributed by atoms with van der Waals surface area (Å²) in [6.07, 6.45) is 8.01. The summed E-state index contributed by atoms with van der Waals surface area (Å²) >= 11 is 0. The van der Waals surface area contributed by atoms with E-state index in [9.17, 15) is 18.8 Å². The number of rotatable bonds is 4. The number of aromatic nitrogens is 1. The zero-order valence-corrected chi connectivity index (χ0v) is 23.6. The summed E-state index contributed by atoms with van der Waals surface area (Å²) in [4.78, 5) is 52.0. The van der Waals surface area contributed by atoms with Crippen molar-refractivity contribution in [3.05, 3.63) is 59.7 Å². The van der Waals surface area contributed by atoms with Gasteiger partial charge < -0.3 is 14.7 Å². The topological polar surface area (TPSA) is 77.1 Å². The molecule has 1 aromatic heterocycles. The van der Waals surface area contributed by atoms with Crippen molar-refractivity contribution in [3.63, 3.8) is 0 Å². The lowest BCUT2D eigenvalue weighted by molar-refractivity contribution is -0.151. The van der Waals surface area contributed by atoms with Crippen LogP contribution in [0.25, 0.3) is 0 Å². The highest BCUT2D eigenvalue weighted by Crippen LogP contribution is 2.31. The summed E-state index contributed by atoms with van der Waals surface area (Å²) in [6.45, 7) is 7.78. The predicted molar refractivity (Wildman–Crippen MR) is 151 cm³/mol. The standard InChI is InChI=1S/C31H40FN5O3/c1-22(2)34-14-5-15-37(31(40)24-10-12-33-13-11-24)28-9-8-27(32)18-25(28)19-35(17-16-34)30(39)26-20-36(21-26)29(38)23-6-3-4-7-23/h8-13,18,22-23,26H,3-7,14-17,19-21H2,1-2H3. The number of benzene rings is 1. The smallest absolute Gasteiger partial charge is 0.258 e. The van der Waals surface area contributed by atoms with Crippen LogP contribution in [0.5, 0.6) is 0 Å². The number of pyridine rings is 1. The first-order valence-corrected chi connectivity index (χ1v) is 14.6. The van der Waals surface area contributed by atoms with Gasteiger partial charge in [0.2, 0.25) is 11.8 Å². The molecule has 0 unspecified atom stereocenters. The van der Waals surface area contributed by atoms with E-state index in [1.54, 1.807) is 40.4 Å². The van der Waals surface area contributed by atoms with Gasteiger partial charge in [-0.1, -0.05) is 12.8 Å². The van der Waals surface area contributed by atoms with Crippen LogP contribution in [0.15, 0.2) is 42.7 Å². The zero-order chi connectivity index (χ0) is 28.2. The lowest BCUT2D eigenvalue weighted by Gasteiger charge is -2.42. The molecule has 0 atom stereocenters. The molecule has 1 saturated heterocycles. The molecule has 214 valence electrons. The number of carbonyl (C=O) groups excluding carboxylic acids is 3. The van der Waals surface area contributed by atoms with Gasteiger partial charge in [0.1, 0.15) is 5.82 Å². The van der Waals surface area contributed by atoms with E-state index in [-0.39, 0.29) is 42.1 Å². The van der Waals surface area contributed by atoms with Crippen molar-refractivity contribution >= 4 is 23.4 Å². The second kappa shape index (κ2) is 12.5. The van der Waals surface area contributed by atoms with E-state index in [2.05, 4.69) is 23.7 Å². The number of halogens is 1. The van der Waals surface area contributed by atoms with Gasteiger partial charge in [-0.15, -0.1) is 0 Å². The number of hydrogen-bond donors (Lipinski definition) is 0. The molecule has 2 fully saturated rings. The van der Waals surface area contributed by atoms with Crippen LogP contribution in [0.3, 0.4) is 0 Å². The molecule has 8 nitrogen and oxygen atoms in total. The van der Waals surface area contributed by atoms with Crippen molar-refractivity contribution in [2.24, 2.45) is 11.8 Å². The van der Waals surface area contributed by atoms with Gasteiger partial charge in [-0.25, -0.2) is 4.39 Å².